The second-order valence-electron chi connectivity index (χ2n) is 5.45. The van der Waals surface area contributed by atoms with Crippen LogP contribution in [-0.4, -0.2) is 24.1 Å². The molecule has 0 saturated heterocycles. The lowest BCUT2D eigenvalue weighted by molar-refractivity contribution is -0.169. The molecular weight excluding hydrogens is 268 g/mol. The molecule has 1 fully saturated rings. The van der Waals surface area contributed by atoms with Crippen LogP contribution in [-0.2, 0) is 14.3 Å². The average Bonchev–Trinajstić information content (AvgIpc) is 2.54. The molecule has 4 nitrogen and oxygen atoms in total. The molecule has 4 heteroatoms. The first-order chi connectivity index (χ1) is 10.2. The molecule has 114 valence electrons. The molecule has 0 spiro atoms. The Balaban J connectivity index is 2.12. The molecule has 0 radical (unpaired) electrons. The third-order valence-electron chi connectivity index (χ3n) is 3.77. The van der Waals surface area contributed by atoms with Gasteiger partial charge in [-0.25, -0.2) is 9.59 Å². The van der Waals surface area contributed by atoms with Crippen molar-refractivity contribution in [3.05, 3.63) is 35.9 Å². The number of ether oxygens (including phenoxy) is 2. The van der Waals surface area contributed by atoms with E-state index in [2.05, 4.69) is 0 Å². The summed E-state index contributed by atoms with van der Waals surface area (Å²) in [7, 11) is 0. The molecule has 0 aliphatic heterocycles. The van der Waals surface area contributed by atoms with Crippen molar-refractivity contribution >= 4 is 11.9 Å². The lowest BCUT2D eigenvalue weighted by atomic mass is 9.84. The Morgan fingerprint density at radius 1 is 1.10 bits per heavy atom. The van der Waals surface area contributed by atoms with Gasteiger partial charge in [0.2, 0.25) is 5.60 Å². The van der Waals surface area contributed by atoms with Gasteiger partial charge in [-0.1, -0.05) is 31.5 Å². The van der Waals surface area contributed by atoms with Crippen LogP contribution in [0.4, 0.5) is 0 Å². The highest BCUT2D eigenvalue weighted by molar-refractivity contribution is 5.92. The monoisotopic (exact) mass is 290 g/mol. The van der Waals surface area contributed by atoms with E-state index in [-0.39, 0.29) is 0 Å². The molecule has 0 N–H and O–H groups in total. The van der Waals surface area contributed by atoms with E-state index in [0.717, 1.165) is 25.7 Å². The van der Waals surface area contributed by atoms with E-state index in [0.29, 0.717) is 25.0 Å². The van der Waals surface area contributed by atoms with E-state index in [1.54, 1.807) is 24.3 Å². The number of hydrogen-bond donors (Lipinski definition) is 0. The van der Waals surface area contributed by atoms with Gasteiger partial charge in [-0.05, 0) is 44.2 Å². The Kier molecular flexibility index (Phi) is 5.37. The van der Waals surface area contributed by atoms with Crippen LogP contribution in [0.1, 0.15) is 55.8 Å². The number of esters is 2. The van der Waals surface area contributed by atoms with Crippen LogP contribution in [0.3, 0.4) is 0 Å². The summed E-state index contributed by atoms with van der Waals surface area (Å²) in [6, 6.07) is 8.77. The first-order valence-electron chi connectivity index (χ1n) is 7.63. The van der Waals surface area contributed by atoms with Crippen LogP contribution in [0.15, 0.2) is 30.3 Å². The van der Waals surface area contributed by atoms with Crippen molar-refractivity contribution in [3.63, 3.8) is 0 Å². The zero-order chi connectivity index (χ0) is 15.1. The minimum absolute atomic E-state index is 0.365. The fourth-order valence-corrected chi connectivity index (χ4v) is 2.61. The summed E-state index contributed by atoms with van der Waals surface area (Å²) in [5.74, 6) is -0.848. The molecule has 21 heavy (non-hydrogen) atoms. The zero-order valence-electron chi connectivity index (χ0n) is 12.5. The lowest BCUT2D eigenvalue weighted by Crippen LogP contribution is -2.46. The molecule has 1 saturated carbocycles. The SMILES string of the molecule is CCCOC(=O)C1(OC(=O)c2ccccc2)CCCCC1. The molecule has 1 aliphatic carbocycles. The first-order valence-corrected chi connectivity index (χ1v) is 7.63. The zero-order valence-corrected chi connectivity index (χ0v) is 12.5. The fraction of sp³-hybridized carbons (Fsp3) is 0.529. The minimum Gasteiger partial charge on any atom is -0.463 e. The van der Waals surface area contributed by atoms with Crippen LogP contribution < -0.4 is 0 Å². The summed E-state index contributed by atoms with van der Waals surface area (Å²) in [4.78, 5) is 24.6. The van der Waals surface area contributed by atoms with E-state index in [4.69, 9.17) is 9.47 Å². The number of carbonyl (C=O) groups is 2. The van der Waals surface area contributed by atoms with Crippen molar-refractivity contribution in [2.75, 3.05) is 6.61 Å². The molecule has 1 aromatic carbocycles. The maximum Gasteiger partial charge on any atom is 0.350 e. The Morgan fingerprint density at radius 3 is 2.38 bits per heavy atom. The van der Waals surface area contributed by atoms with E-state index in [9.17, 15) is 9.59 Å². The summed E-state index contributed by atoms with van der Waals surface area (Å²) in [6.07, 6.45) is 4.68. The number of carbonyl (C=O) groups excluding carboxylic acids is 2. The van der Waals surface area contributed by atoms with Crippen molar-refractivity contribution in [2.24, 2.45) is 0 Å². The molecule has 1 aromatic rings. The van der Waals surface area contributed by atoms with Gasteiger partial charge >= 0.3 is 11.9 Å². The van der Waals surface area contributed by atoms with Gasteiger partial charge < -0.3 is 9.47 Å². The molecule has 0 heterocycles. The molecule has 2 rings (SSSR count). The topological polar surface area (TPSA) is 52.6 Å². The largest absolute Gasteiger partial charge is 0.463 e. The van der Waals surface area contributed by atoms with Crippen molar-refractivity contribution in [2.45, 2.75) is 51.0 Å². The Bertz CT molecular complexity index is 475. The van der Waals surface area contributed by atoms with Crippen molar-refractivity contribution in [1.29, 1.82) is 0 Å². The first kappa shape index (κ1) is 15.5. The van der Waals surface area contributed by atoms with Gasteiger partial charge in [-0.3, -0.25) is 0 Å². The fourth-order valence-electron chi connectivity index (χ4n) is 2.61. The van der Waals surface area contributed by atoms with E-state index < -0.39 is 17.5 Å². The second kappa shape index (κ2) is 7.25. The molecule has 1 aliphatic rings. The predicted molar refractivity (Wildman–Crippen MR) is 78.9 cm³/mol. The van der Waals surface area contributed by atoms with Crippen LogP contribution in [0.2, 0.25) is 0 Å². The molecule has 0 bridgehead atoms. The maximum atomic E-state index is 12.3. The molecule has 0 aromatic heterocycles. The number of rotatable bonds is 5. The smallest absolute Gasteiger partial charge is 0.350 e. The van der Waals surface area contributed by atoms with E-state index >= 15 is 0 Å². The van der Waals surface area contributed by atoms with Gasteiger partial charge in [-0.2, -0.15) is 0 Å². The normalized spacial score (nSPS) is 17.0. The second-order valence-corrected chi connectivity index (χ2v) is 5.45. The third-order valence-corrected chi connectivity index (χ3v) is 3.77. The maximum absolute atomic E-state index is 12.3. The number of hydrogen-bond acceptors (Lipinski definition) is 4. The Morgan fingerprint density at radius 2 is 1.76 bits per heavy atom. The summed E-state index contributed by atoms with van der Waals surface area (Å²) >= 11 is 0. The Hall–Kier alpha value is -1.84. The summed E-state index contributed by atoms with van der Waals surface area (Å²) in [6.45, 7) is 2.31. The highest BCUT2D eigenvalue weighted by Crippen LogP contribution is 2.33. The van der Waals surface area contributed by atoms with Crippen LogP contribution in [0, 0.1) is 0 Å². The minimum atomic E-state index is -1.10. The summed E-state index contributed by atoms with van der Waals surface area (Å²) < 4.78 is 10.9. The predicted octanol–water partition coefficient (Wildman–Crippen LogP) is 3.50. The van der Waals surface area contributed by atoms with Crippen molar-refractivity contribution in [1.82, 2.24) is 0 Å². The van der Waals surface area contributed by atoms with Gasteiger partial charge in [-0.15, -0.1) is 0 Å². The van der Waals surface area contributed by atoms with E-state index in [1.165, 1.54) is 0 Å². The Labute approximate surface area is 125 Å². The van der Waals surface area contributed by atoms with E-state index in [1.807, 2.05) is 13.0 Å². The standard InChI is InChI=1S/C17H22O4/c1-2-13-20-16(19)17(11-7-4-8-12-17)21-15(18)14-9-5-3-6-10-14/h3,5-6,9-10H,2,4,7-8,11-13H2,1H3. The molecule has 0 unspecified atom stereocenters. The third kappa shape index (κ3) is 3.84. The number of benzene rings is 1. The van der Waals surface area contributed by atoms with Crippen LogP contribution in [0.5, 0.6) is 0 Å². The molecule has 0 atom stereocenters. The average molecular weight is 290 g/mol. The van der Waals surface area contributed by atoms with Gasteiger partial charge in [0.1, 0.15) is 0 Å². The summed E-state index contributed by atoms with van der Waals surface area (Å²) in [5, 5.41) is 0. The van der Waals surface area contributed by atoms with Crippen molar-refractivity contribution < 1.29 is 19.1 Å². The van der Waals surface area contributed by atoms with Gasteiger partial charge in [0.15, 0.2) is 0 Å². The lowest BCUT2D eigenvalue weighted by Gasteiger charge is -2.34. The van der Waals surface area contributed by atoms with Crippen LogP contribution >= 0.6 is 0 Å². The van der Waals surface area contributed by atoms with Gasteiger partial charge in [0.05, 0.1) is 12.2 Å². The highest BCUT2D eigenvalue weighted by atomic mass is 16.6. The van der Waals surface area contributed by atoms with Crippen LogP contribution in [0.25, 0.3) is 0 Å². The van der Waals surface area contributed by atoms with Crippen molar-refractivity contribution in [3.8, 4) is 0 Å². The highest BCUT2D eigenvalue weighted by Gasteiger charge is 2.45. The molecule has 0 amide bonds. The summed E-state index contributed by atoms with van der Waals surface area (Å²) in [5.41, 5.74) is -0.633. The molecular formula is C17H22O4. The van der Waals surface area contributed by atoms with Gasteiger partial charge in [0, 0.05) is 0 Å². The van der Waals surface area contributed by atoms with Gasteiger partial charge in [0.25, 0.3) is 0 Å². The quantitative estimate of drug-likeness (QED) is 0.779.